The number of hydrogen-bond donors (Lipinski definition) is 0. The zero-order valence-electron chi connectivity index (χ0n) is 11.9. The molecule has 0 unspecified atom stereocenters. The lowest BCUT2D eigenvalue weighted by atomic mass is 10.1. The average Bonchev–Trinajstić information content (AvgIpc) is 3.01. The largest absolute Gasteiger partial charge is 0.427 e. The van der Waals surface area contributed by atoms with Gasteiger partial charge in [0, 0.05) is 23.7 Å². The second-order valence-corrected chi connectivity index (χ2v) is 5.32. The lowest BCUT2D eigenvalue weighted by Crippen LogP contribution is -2.40. The number of carbonyl (C=O) groups is 1. The molecule has 3 rings (SSSR count). The van der Waals surface area contributed by atoms with Crippen LogP contribution in [-0.2, 0) is 4.74 Å². The highest BCUT2D eigenvalue weighted by molar-refractivity contribution is 6.30. The number of halogens is 1. The molecule has 1 amide bonds. The molecule has 1 fully saturated rings. The van der Waals surface area contributed by atoms with Crippen molar-refractivity contribution >= 4 is 23.3 Å². The van der Waals surface area contributed by atoms with Crippen molar-refractivity contribution < 1.29 is 19.0 Å². The number of morpholine rings is 1. The fourth-order valence-electron chi connectivity index (χ4n) is 2.32. The third-order valence-corrected chi connectivity index (χ3v) is 3.72. The first-order chi connectivity index (χ1) is 11.1. The van der Waals surface area contributed by atoms with Gasteiger partial charge in [0.15, 0.2) is 10.7 Å². The van der Waals surface area contributed by atoms with E-state index in [4.69, 9.17) is 20.9 Å². The van der Waals surface area contributed by atoms with E-state index in [9.17, 15) is 14.9 Å². The normalized spacial score (nSPS) is 14.7. The molecule has 2 heterocycles. The van der Waals surface area contributed by atoms with E-state index in [-0.39, 0.29) is 11.3 Å². The van der Waals surface area contributed by atoms with Gasteiger partial charge in [-0.3, -0.25) is 9.32 Å². The molecular formula is C14H12ClN3O5. The first-order valence-electron chi connectivity index (χ1n) is 6.85. The molecule has 1 aliphatic heterocycles. The Hall–Kier alpha value is -2.45. The van der Waals surface area contributed by atoms with Crippen LogP contribution in [-0.4, -0.2) is 47.2 Å². The zero-order valence-corrected chi connectivity index (χ0v) is 12.7. The summed E-state index contributed by atoms with van der Waals surface area (Å²) >= 11 is 5.84. The topological polar surface area (TPSA) is 98.7 Å². The van der Waals surface area contributed by atoms with Crippen LogP contribution in [0.4, 0.5) is 5.82 Å². The van der Waals surface area contributed by atoms with Gasteiger partial charge in [-0.15, -0.1) is 0 Å². The first-order valence-corrected chi connectivity index (χ1v) is 7.22. The molecule has 0 N–H and O–H groups in total. The molecule has 1 aliphatic rings. The summed E-state index contributed by atoms with van der Waals surface area (Å²) < 4.78 is 10.3. The predicted molar refractivity (Wildman–Crippen MR) is 80.3 cm³/mol. The maximum atomic E-state index is 12.7. The molecule has 0 spiro atoms. The minimum Gasteiger partial charge on any atom is -0.378 e. The molecule has 0 bridgehead atoms. The summed E-state index contributed by atoms with van der Waals surface area (Å²) in [5.41, 5.74) is 0.339. The van der Waals surface area contributed by atoms with Crippen molar-refractivity contribution in [3.8, 4) is 11.3 Å². The quantitative estimate of drug-likeness (QED) is 0.629. The first kappa shape index (κ1) is 15.4. The number of rotatable bonds is 3. The number of amides is 1. The van der Waals surface area contributed by atoms with Crippen LogP contribution in [0.2, 0.25) is 5.02 Å². The van der Waals surface area contributed by atoms with E-state index in [1.54, 1.807) is 24.3 Å². The SMILES string of the molecule is O=C(c1c([N+](=O)[O-])noc1-c1ccc(Cl)cc1)N1CCOCC1. The van der Waals surface area contributed by atoms with Crippen LogP contribution in [0.25, 0.3) is 11.3 Å². The molecule has 0 atom stereocenters. The Balaban J connectivity index is 2.05. The fourth-order valence-corrected chi connectivity index (χ4v) is 2.45. The summed E-state index contributed by atoms with van der Waals surface area (Å²) in [6.07, 6.45) is 0. The maximum absolute atomic E-state index is 12.7. The number of ether oxygens (including phenoxy) is 1. The predicted octanol–water partition coefficient (Wildman–Crippen LogP) is 2.38. The van der Waals surface area contributed by atoms with Gasteiger partial charge in [0.05, 0.1) is 13.2 Å². The summed E-state index contributed by atoms with van der Waals surface area (Å²) in [4.78, 5) is 24.6. The van der Waals surface area contributed by atoms with Crippen molar-refractivity contribution in [2.75, 3.05) is 26.3 Å². The van der Waals surface area contributed by atoms with Gasteiger partial charge >= 0.3 is 5.82 Å². The van der Waals surface area contributed by atoms with Crippen LogP contribution >= 0.6 is 11.6 Å². The Morgan fingerprint density at radius 2 is 1.91 bits per heavy atom. The van der Waals surface area contributed by atoms with E-state index in [1.165, 1.54) is 4.90 Å². The van der Waals surface area contributed by atoms with Crippen molar-refractivity contribution in [1.82, 2.24) is 10.1 Å². The maximum Gasteiger partial charge on any atom is 0.427 e. The summed E-state index contributed by atoms with van der Waals surface area (Å²) in [6, 6.07) is 6.44. The van der Waals surface area contributed by atoms with Crippen molar-refractivity contribution in [2.45, 2.75) is 0 Å². The molecule has 0 radical (unpaired) electrons. The van der Waals surface area contributed by atoms with Crippen molar-refractivity contribution in [3.63, 3.8) is 0 Å². The number of nitro groups is 1. The molecule has 1 saturated heterocycles. The molecular weight excluding hydrogens is 326 g/mol. The number of hydrogen-bond acceptors (Lipinski definition) is 6. The molecule has 0 saturated carbocycles. The van der Waals surface area contributed by atoms with Gasteiger partial charge in [-0.2, -0.15) is 0 Å². The molecule has 8 nitrogen and oxygen atoms in total. The molecule has 23 heavy (non-hydrogen) atoms. The second kappa shape index (κ2) is 6.35. The number of aromatic nitrogens is 1. The van der Waals surface area contributed by atoms with Gasteiger partial charge in [0.1, 0.15) is 0 Å². The minimum atomic E-state index is -0.726. The second-order valence-electron chi connectivity index (χ2n) is 4.88. The van der Waals surface area contributed by atoms with Crippen LogP contribution in [0.5, 0.6) is 0 Å². The average molecular weight is 338 g/mol. The van der Waals surface area contributed by atoms with Crippen LogP contribution in [0.3, 0.4) is 0 Å². The van der Waals surface area contributed by atoms with Crippen LogP contribution in [0.15, 0.2) is 28.8 Å². The van der Waals surface area contributed by atoms with E-state index in [2.05, 4.69) is 5.16 Å². The lowest BCUT2D eigenvalue weighted by molar-refractivity contribution is -0.391. The van der Waals surface area contributed by atoms with Crippen LogP contribution in [0.1, 0.15) is 10.4 Å². The van der Waals surface area contributed by atoms with Crippen molar-refractivity contribution in [1.29, 1.82) is 0 Å². The van der Waals surface area contributed by atoms with Crippen molar-refractivity contribution in [3.05, 3.63) is 45.0 Å². The van der Waals surface area contributed by atoms with Gasteiger partial charge in [-0.1, -0.05) is 11.6 Å². The lowest BCUT2D eigenvalue weighted by Gasteiger charge is -2.26. The Bertz CT molecular complexity index is 737. The highest BCUT2D eigenvalue weighted by Gasteiger charge is 2.36. The van der Waals surface area contributed by atoms with Gasteiger partial charge in [0.25, 0.3) is 5.91 Å². The van der Waals surface area contributed by atoms with E-state index in [0.717, 1.165) is 0 Å². The highest BCUT2D eigenvalue weighted by Crippen LogP contribution is 2.32. The van der Waals surface area contributed by atoms with Crippen LogP contribution < -0.4 is 0 Å². The third kappa shape index (κ3) is 3.03. The molecule has 120 valence electrons. The Morgan fingerprint density at radius 1 is 1.26 bits per heavy atom. The summed E-state index contributed by atoms with van der Waals surface area (Å²) in [5.74, 6) is -1.03. The molecule has 1 aromatic carbocycles. The number of carbonyl (C=O) groups excluding carboxylic acids is 1. The minimum absolute atomic E-state index is 0.0601. The van der Waals surface area contributed by atoms with Crippen LogP contribution in [0, 0.1) is 10.1 Å². The van der Waals surface area contributed by atoms with E-state index in [0.29, 0.717) is 36.9 Å². The monoisotopic (exact) mass is 337 g/mol. The Labute approximate surface area is 135 Å². The van der Waals surface area contributed by atoms with E-state index < -0.39 is 16.6 Å². The van der Waals surface area contributed by atoms with Crippen molar-refractivity contribution in [2.24, 2.45) is 0 Å². The fraction of sp³-hybridized carbons (Fsp3) is 0.286. The molecule has 1 aromatic heterocycles. The van der Waals surface area contributed by atoms with Gasteiger partial charge in [-0.25, -0.2) is 0 Å². The summed E-state index contributed by atoms with van der Waals surface area (Å²) in [5, 5.41) is 15.1. The molecule has 9 heteroatoms. The molecule has 0 aliphatic carbocycles. The highest BCUT2D eigenvalue weighted by atomic mass is 35.5. The summed E-state index contributed by atoms with van der Waals surface area (Å²) in [6.45, 7) is 1.50. The van der Waals surface area contributed by atoms with E-state index in [1.807, 2.05) is 0 Å². The van der Waals surface area contributed by atoms with Gasteiger partial charge in [-0.05, 0) is 29.2 Å². The third-order valence-electron chi connectivity index (χ3n) is 3.47. The van der Waals surface area contributed by atoms with E-state index >= 15 is 0 Å². The Kier molecular flexibility index (Phi) is 4.26. The number of benzene rings is 1. The Morgan fingerprint density at radius 3 is 2.52 bits per heavy atom. The summed E-state index contributed by atoms with van der Waals surface area (Å²) in [7, 11) is 0. The molecule has 2 aromatic rings. The van der Waals surface area contributed by atoms with Gasteiger partial charge < -0.3 is 19.8 Å². The van der Waals surface area contributed by atoms with Gasteiger partial charge in [0.2, 0.25) is 5.76 Å². The smallest absolute Gasteiger partial charge is 0.378 e. The number of nitrogens with zero attached hydrogens (tertiary/aromatic N) is 3. The standard InChI is InChI=1S/C14H12ClN3O5/c15-10-3-1-9(2-4-10)12-11(13(16-23-12)18(20)21)14(19)17-5-7-22-8-6-17/h1-4H,5-8H2. The zero-order chi connectivity index (χ0) is 16.4.